The van der Waals surface area contributed by atoms with Crippen LogP contribution in [0.1, 0.15) is 32.8 Å². The van der Waals surface area contributed by atoms with Crippen molar-refractivity contribution in [1.82, 2.24) is 5.32 Å². The highest BCUT2D eigenvalue weighted by atomic mass is 16.4. The van der Waals surface area contributed by atoms with Crippen molar-refractivity contribution < 1.29 is 19.5 Å². The molecule has 21 heavy (non-hydrogen) atoms. The fourth-order valence-electron chi connectivity index (χ4n) is 1.63. The molecule has 0 fully saturated rings. The molecule has 1 rings (SSSR count). The Hall–Kier alpha value is -2.37. The van der Waals surface area contributed by atoms with Crippen LogP contribution in [0.15, 0.2) is 24.3 Å². The van der Waals surface area contributed by atoms with Crippen LogP contribution in [-0.4, -0.2) is 23.0 Å². The lowest BCUT2D eigenvalue weighted by atomic mass is 9.89. The third-order valence-corrected chi connectivity index (χ3v) is 3.05. The van der Waals surface area contributed by atoms with E-state index < -0.39 is 23.3 Å². The van der Waals surface area contributed by atoms with Gasteiger partial charge in [-0.3, -0.25) is 14.9 Å². The van der Waals surface area contributed by atoms with Gasteiger partial charge in [-0.2, -0.15) is 0 Å². The summed E-state index contributed by atoms with van der Waals surface area (Å²) in [5.41, 5.74) is 0.489. The van der Waals surface area contributed by atoms with E-state index >= 15 is 0 Å². The summed E-state index contributed by atoms with van der Waals surface area (Å²) < 4.78 is 0. The van der Waals surface area contributed by atoms with Crippen molar-refractivity contribution in [1.29, 1.82) is 0 Å². The summed E-state index contributed by atoms with van der Waals surface area (Å²) in [7, 11) is 0. The maximum absolute atomic E-state index is 11.6. The van der Waals surface area contributed by atoms with Crippen LogP contribution >= 0.6 is 0 Å². The zero-order chi connectivity index (χ0) is 16.0. The summed E-state index contributed by atoms with van der Waals surface area (Å²) >= 11 is 0. The first kappa shape index (κ1) is 16.7. The minimum atomic E-state index is -1.22. The Kier molecular flexibility index (Phi) is 5.46. The maximum atomic E-state index is 11.6. The average molecular weight is 292 g/mol. The van der Waals surface area contributed by atoms with Crippen LogP contribution in [0.3, 0.4) is 0 Å². The summed E-state index contributed by atoms with van der Waals surface area (Å²) in [5, 5.41) is 13.6. The van der Waals surface area contributed by atoms with Crippen LogP contribution in [0.2, 0.25) is 0 Å². The second-order valence-electron chi connectivity index (χ2n) is 5.42. The lowest BCUT2D eigenvalue weighted by Gasteiger charge is -2.17. The topological polar surface area (TPSA) is 95.5 Å². The largest absolute Gasteiger partial charge is 0.481 e. The van der Waals surface area contributed by atoms with Gasteiger partial charge in [0.05, 0.1) is 5.41 Å². The molecule has 0 saturated heterocycles. The molecular weight excluding hydrogens is 272 g/mol. The van der Waals surface area contributed by atoms with Gasteiger partial charge in [-0.05, 0) is 38.0 Å². The molecule has 0 spiro atoms. The molecule has 0 atom stereocenters. The number of carbonyl (C=O) groups is 3. The number of carbonyl (C=O) groups excluding carboxylic acids is 2. The van der Waals surface area contributed by atoms with Crippen LogP contribution in [0.25, 0.3) is 0 Å². The molecule has 1 aromatic rings. The molecular formula is C15H20N2O4. The quantitative estimate of drug-likeness (QED) is 0.776. The lowest BCUT2D eigenvalue weighted by molar-refractivity contribution is -0.149. The van der Waals surface area contributed by atoms with Crippen molar-refractivity contribution in [2.24, 2.45) is 5.41 Å². The smallest absolute Gasteiger partial charge is 0.325 e. The second-order valence-corrected chi connectivity index (χ2v) is 5.42. The molecule has 0 heterocycles. The van der Waals surface area contributed by atoms with E-state index in [9.17, 15) is 14.4 Å². The molecule has 6 heteroatoms. The SMILES string of the molecule is CCc1ccc(NC(=O)NC(=O)CC(C)(C)C(=O)O)cc1. The number of amides is 3. The van der Waals surface area contributed by atoms with Crippen molar-refractivity contribution in [2.45, 2.75) is 33.6 Å². The highest BCUT2D eigenvalue weighted by Crippen LogP contribution is 2.20. The zero-order valence-corrected chi connectivity index (χ0v) is 12.4. The number of aliphatic carboxylic acids is 1. The molecule has 0 aliphatic carbocycles. The van der Waals surface area contributed by atoms with Gasteiger partial charge in [-0.25, -0.2) is 4.79 Å². The first-order chi connectivity index (χ1) is 9.74. The number of nitrogens with one attached hydrogen (secondary N) is 2. The van der Waals surface area contributed by atoms with Crippen LogP contribution in [-0.2, 0) is 16.0 Å². The summed E-state index contributed by atoms with van der Waals surface area (Å²) in [4.78, 5) is 34.2. The van der Waals surface area contributed by atoms with Gasteiger partial charge >= 0.3 is 12.0 Å². The monoisotopic (exact) mass is 292 g/mol. The molecule has 0 bridgehead atoms. The van der Waals surface area contributed by atoms with E-state index in [1.54, 1.807) is 12.1 Å². The minimum absolute atomic E-state index is 0.273. The molecule has 0 aliphatic heterocycles. The van der Waals surface area contributed by atoms with E-state index in [0.717, 1.165) is 12.0 Å². The molecule has 114 valence electrons. The van der Waals surface area contributed by atoms with Crippen molar-refractivity contribution in [3.05, 3.63) is 29.8 Å². The third-order valence-electron chi connectivity index (χ3n) is 3.05. The van der Waals surface area contributed by atoms with Crippen LogP contribution in [0, 0.1) is 5.41 Å². The number of hydrogen-bond donors (Lipinski definition) is 3. The summed E-state index contributed by atoms with van der Waals surface area (Å²) in [6, 6.07) is 6.56. The van der Waals surface area contributed by atoms with Crippen molar-refractivity contribution in [2.75, 3.05) is 5.32 Å². The maximum Gasteiger partial charge on any atom is 0.325 e. The number of hydrogen-bond acceptors (Lipinski definition) is 3. The lowest BCUT2D eigenvalue weighted by Crippen LogP contribution is -2.38. The summed E-state index contributed by atoms with van der Waals surface area (Å²) in [6.45, 7) is 4.88. The number of rotatable bonds is 5. The second kappa shape index (κ2) is 6.88. The van der Waals surface area contributed by atoms with Crippen LogP contribution < -0.4 is 10.6 Å². The normalized spacial score (nSPS) is 10.8. The van der Waals surface area contributed by atoms with Gasteiger partial charge < -0.3 is 10.4 Å². The van der Waals surface area contributed by atoms with E-state index in [0.29, 0.717) is 5.69 Å². The molecule has 0 aromatic heterocycles. The molecule has 0 aliphatic rings. The molecule has 1 aromatic carbocycles. The highest BCUT2D eigenvalue weighted by molar-refractivity contribution is 6.02. The van der Waals surface area contributed by atoms with Gasteiger partial charge in [0.2, 0.25) is 5.91 Å². The number of urea groups is 1. The summed E-state index contributed by atoms with van der Waals surface area (Å²) in [6.07, 6.45) is 0.625. The molecule has 6 nitrogen and oxygen atoms in total. The molecule has 0 unspecified atom stereocenters. The van der Waals surface area contributed by atoms with Crippen molar-refractivity contribution >= 4 is 23.6 Å². The first-order valence-corrected chi connectivity index (χ1v) is 6.68. The van der Waals surface area contributed by atoms with Gasteiger partial charge in [0.25, 0.3) is 0 Å². The van der Waals surface area contributed by atoms with Gasteiger partial charge in [-0.1, -0.05) is 19.1 Å². The average Bonchev–Trinajstić information content (AvgIpc) is 2.38. The number of imide groups is 1. The summed E-state index contributed by atoms with van der Waals surface area (Å²) in [5.74, 6) is -1.72. The predicted octanol–water partition coefficient (Wildman–Crippen LogP) is 2.40. The third kappa shape index (κ3) is 5.25. The number of carboxylic acids is 1. The van der Waals surface area contributed by atoms with Crippen LogP contribution in [0.4, 0.5) is 10.5 Å². The Balaban J connectivity index is 2.53. The number of benzene rings is 1. The number of carboxylic acid groups (broad SMARTS) is 1. The molecule has 0 radical (unpaired) electrons. The van der Waals surface area contributed by atoms with E-state index in [4.69, 9.17) is 5.11 Å². The minimum Gasteiger partial charge on any atom is -0.481 e. The fourth-order valence-corrected chi connectivity index (χ4v) is 1.63. The molecule has 3 N–H and O–H groups in total. The standard InChI is InChI=1S/C15H20N2O4/c1-4-10-5-7-11(8-6-10)16-14(21)17-12(18)9-15(2,3)13(19)20/h5-8H,4,9H2,1-3H3,(H,19,20)(H2,16,17,18,21). The van der Waals surface area contributed by atoms with Gasteiger partial charge in [0, 0.05) is 12.1 Å². The molecule has 3 amide bonds. The first-order valence-electron chi connectivity index (χ1n) is 6.68. The van der Waals surface area contributed by atoms with Gasteiger partial charge in [0.1, 0.15) is 0 Å². The predicted molar refractivity (Wildman–Crippen MR) is 79.0 cm³/mol. The fraction of sp³-hybridized carbons (Fsp3) is 0.400. The van der Waals surface area contributed by atoms with E-state index in [1.807, 2.05) is 19.1 Å². The van der Waals surface area contributed by atoms with Crippen LogP contribution in [0.5, 0.6) is 0 Å². The Labute approximate surface area is 123 Å². The Morgan fingerprint density at radius 1 is 1.14 bits per heavy atom. The van der Waals surface area contributed by atoms with E-state index in [1.165, 1.54) is 13.8 Å². The highest BCUT2D eigenvalue weighted by Gasteiger charge is 2.30. The Bertz CT molecular complexity index is 535. The van der Waals surface area contributed by atoms with E-state index in [-0.39, 0.29) is 6.42 Å². The zero-order valence-electron chi connectivity index (χ0n) is 12.4. The Morgan fingerprint density at radius 3 is 2.19 bits per heavy atom. The number of aryl methyl sites for hydroxylation is 1. The molecule has 0 saturated carbocycles. The van der Waals surface area contributed by atoms with Crippen molar-refractivity contribution in [3.63, 3.8) is 0 Å². The van der Waals surface area contributed by atoms with Crippen molar-refractivity contribution in [3.8, 4) is 0 Å². The van der Waals surface area contributed by atoms with Gasteiger partial charge in [-0.15, -0.1) is 0 Å². The number of anilines is 1. The van der Waals surface area contributed by atoms with E-state index in [2.05, 4.69) is 10.6 Å². The van der Waals surface area contributed by atoms with Gasteiger partial charge in [0.15, 0.2) is 0 Å². The Morgan fingerprint density at radius 2 is 1.71 bits per heavy atom.